The maximum absolute atomic E-state index is 8.83. The number of anilines is 1. The summed E-state index contributed by atoms with van der Waals surface area (Å²) in [6.45, 7) is 0. The quantitative estimate of drug-likeness (QED) is 0.607. The lowest BCUT2D eigenvalue weighted by molar-refractivity contribution is 1.07. The predicted octanol–water partition coefficient (Wildman–Crippen LogP) is 1.50. The molecule has 0 amide bonds. The van der Waals surface area contributed by atoms with Gasteiger partial charge in [0, 0.05) is 12.0 Å². The summed E-state index contributed by atoms with van der Waals surface area (Å²) in [7, 11) is 0. The zero-order valence-electron chi connectivity index (χ0n) is 8.44. The van der Waals surface area contributed by atoms with Gasteiger partial charge in [0.1, 0.15) is 6.07 Å². The normalized spacial score (nSPS) is 11.7. The van der Waals surface area contributed by atoms with Gasteiger partial charge in [0.15, 0.2) is 11.5 Å². The number of nitrogens with zero attached hydrogens (tertiary/aromatic N) is 3. The molecule has 1 aromatic carbocycles. The van der Waals surface area contributed by atoms with Crippen molar-refractivity contribution >= 4 is 5.82 Å². The molecule has 3 rings (SSSR count). The topological polar surface area (TPSA) is 75.6 Å². The van der Waals surface area contributed by atoms with E-state index in [1.54, 1.807) is 0 Å². The minimum Gasteiger partial charge on any atom is -0.381 e. The first-order chi connectivity index (χ1) is 7.79. The van der Waals surface area contributed by atoms with E-state index in [0.29, 0.717) is 0 Å². The van der Waals surface area contributed by atoms with Crippen LogP contribution in [0.3, 0.4) is 0 Å². The molecule has 4 heteroatoms. The van der Waals surface area contributed by atoms with Crippen molar-refractivity contribution in [3.05, 3.63) is 41.2 Å². The lowest BCUT2D eigenvalue weighted by Gasteiger charge is -2.01. The van der Waals surface area contributed by atoms with Crippen LogP contribution in [0.2, 0.25) is 0 Å². The van der Waals surface area contributed by atoms with Crippen molar-refractivity contribution in [3.63, 3.8) is 0 Å². The molecule has 2 N–H and O–H groups in total. The van der Waals surface area contributed by atoms with Crippen molar-refractivity contribution in [1.29, 1.82) is 5.26 Å². The fourth-order valence-corrected chi connectivity index (χ4v) is 1.99. The van der Waals surface area contributed by atoms with Crippen molar-refractivity contribution < 1.29 is 0 Å². The summed E-state index contributed by atoms with van der Waals surface area (Å²) in [6, 6.07) is 9.94. The lowest BCUT2D eigenvalue weighted by atomic mass is 10.1. The number of aromatic nitrogens is 2. The zero-order valence-corrected chi connectivity index (χ0v) is 8.44. The highest BCUT2D eigenvalue weighted by atomic mass is 14.9. The largest absolute Gasteiger partial charge is 0.381 e. The molecular formula is C12H8N4. The fraction of sp³-hybridized carbons (Fsp3) is 0.0833. The Morgan fingerprint density at radius 1 is 1.25 bits per heavy atom. The average Bonchev–Trinajstić information content (AvgIpc) is 2.66. The standard InChI is InChI=1S/C12H8N4/c13-6-10-12(14)16-11-8-4-2-1-3-7(8)5-9(11)15-10/h1-4H,5H2,(H2,14,16). The Hall–Kier alpha value is -2.41. The highest BCUT2D eigenvalue weighted by molar-refractivity contribution is 5.73. The Balaban J connectivity index is 2.27. The maximum Gasteiger partial charge on any atom is 0.183 e. The third kappa shape index (κ3) is 1.09. The second-order valence-corrected chi connectivity index (χ2v) is 3.70. The number of rotatable bonds is 0. The van der Waals surface area contributed by atoms with Gasteiger partial charge in [-0.3, -0.25) is 0 Å². The van der Waals surface area contributed by atoms with Gasteiger partial charge in [0.25, 0.3) is 0 Å². The average molecular weight is 208 g/mol. The summed E-state index contributed by atoms with van der Waals surface area (Å²) >= 11 is 0. The van der Waals surface area contributed by atoms with E-state index in [1.807, 2.05) is 30.3 Å². The Morgan fingerprint density at radius 2 is 2.06 bits per heavy atom. The number of benzene rings is 1. The summed E-state index contributed by atoms with van der Waals surface area (Å²) in [5.41, 5.74) is 9.79. The molecule has 0 radical (unpaired) electrons. The van der Waals surface area contributed by atoms with Gasteiger partial charge in [0.2, 0.25) is 0 Å². The predicted molar refractivity (Wildman–Crippen MR) is 59.4 cm³/mol. The van der Waals surface area contributed by atoms with Crippen LogP contribution >= 0.6 is 0 Å². The van der Waals surface area contributed by atoms with Gasteiger partial charge in [0.05, 0.1) is 11.4 Å². The molecule has 0 spiro atoms. The third-order valence-electron chi connectivity index (χ3n) is 2.73. The number of hydrogen-bond acceptors (Lipinski definition) is 4. The summed E-state index contributed by atoms with van der Waals surface area (Å²) < 4.78 is 0. The van der Waals surface area contributed by atoms with Crippen LogP contribution in [-0.4, -0.2) is 9.97 Å². The van der Waals surface area contributed by atoms with Gasteiger partial charge in [-0.05, 0) is 5.56 Å². The lowest BCUT2D eigenvalue weighted by Crippen LogP contribution is -2.01. The molecule has 4 nitrogen and oxygen atoms in total. The van der Waals surface area contributed by atoms with Gasteiger partial charge in [-0.15, -0.1) is 0 Å². The molecule has 1 aliphatic carbocycles. The smallest absolute Gasteiger partial charge is 0.183 e. The van der Waals surface area contributed by atoms with Crippen molar-refractivity contribution in [2.75, 3.05) is 5.73 Å². The van der Waals surface area contributed by atoms with Gasteiger partial charge >= 0.3 is 0 Å². The van der Waals surface area contributed by atoms with Crippen molar-refractivity contribution in [2.24, 2.45) is 0 Å². The van der Waals surface area contributed by atoms with Gasteiger partial charge < -0.3 is 5.73 Å². The van der Waals surface area contributed by atoms with Crippen LogP contribution in [0.25, 0.3) is 11.3 Å². The van der Waals surface area contributed by atoms with E-state index in [-0.39, 0.29) is 11.5 Å². The molecule has 0 unspecified atom stereocenters. The van der Waals surface area contributed by atoms with E-state index in [1.165, 1.54) is 5.56 Å². The van der Waals surface area contributed by atoms with Crippen LogP contribution in [0.15, 0.2) is 24.3 Å². The molecule has 0 fully saturated rings. The minimum atomic E-state index is 0.206. The first-order valence-corrected chi connectivity index (χ1v) is 4.94. The van der Waals surface area contributed by atoms with Gasteiger partial charge in [-0.2, -0.15) is 5.26 Å². The summed E-state index contributed by atoms with van der Waals surface area (Å²) in [4.78, 5) is 8.50. The number of fused-ring (bicyclic) bond motifs is 3. The Morgan fingerprint density at radius 3 is 2.88 bits per heavy atom. The second kappa shape index (κ2) is 3.04. The van der Waals surface area contributed by atoms with Crippen LogP contribution < -0.4 is 5.73 Å². The van der Waals surface area contributed by atoms with E-state index in [2.05, 4.69) is 9.97 Å². The van der Waals surface area contributed by atoms with Crippen LogP contribution in [0.5, 0.6) is 0 Å². The molecule has 1 heterocycles. The third-order valence-corrected chi connectivity index (χ3v) is 2.73. The molecule has 0 saturated heterocycles. The summed E-state index contributed by atoms with van der Waals surface area (Å²) in [6.07, 6.45) is 0.730. The summed E-state index contributed by atoms with van der Waals surface area (Å²) in [5, 5.41) is 8.83. The molecule has 0 aliphatic heterocycles. The van der Waals surface area contributed by atoms with E-state index >= 15 is 0 Å². The van der Waals surface area contributed by atoms with E-state index in [4.69, 9.17) is 11.0 Å². The second-order valence-electron chi connectivity index (χ2n) is 3.70. The first kappa shape index (κ1) is 8.86. The molecule has 2 aromatic rings. The molecule has 0 bridgehead atoms. The van der Waals surface area contributed by atoms with Gasteiger partial charge in [-0.25, -0.2) is 9.97 Å². The molecule has 1 aromatic heterocycles. The van der Waals surface area contributed by atoms with Crippen molar-refractivity contribution in [1.82, 2.24) is 9.97 Å². The van der Waals surface area contributed by atoms with Crippen LogP contribution in [0.4, 0.5) is 5.82 Å². The highest BCUT2D eigenvalue weighted by Gasteiger charge is 2.22. The Kier molecular flexibility index (Phi) is 1.68. The zero-order chi connectivity index (χ0) is 11.1. The Labute approximate surface area is 92.4 Å². The molecule has 0 atom stereocenters. The monoisotopic (exact) mass is 208 g/mol. The molecular weight excluding hydrogens is 200 g/mol. The molecule has 76 valence electrons. The van der Waals surface area contributed by atoms with Crippen LogP contribution in [0, 0.1) is 11.3 Å². The maximum atomic E-state index is 8.83. The highest BCUT2D eigenvalue weighted by Crippen LogP contribution is 2.34. The fourth-order valence-electron chi connectivity index (χ4n) is 1.99. The molecule has 0 saturated carbocycles. The molecule has 16 heavy (non-hydrogen) atoms. The van der Waals surface area contributed by atoms with Crippen molar-refractivity contribution in [3.8, 4) is 17.3 Å². The molecule has 1 aliphatic rings. The Bertz CT molecular complexity index is 625. The van der Waals surface area contributed by atoms with E-state index in [9.17, 15) is 0 Å². The van der Waals surface area contributed by atoms with Crippen LogP contribution in [-0.2, 0) is 6.42 Å². The van der Waals surface area contributed by atoms with Gasteiger partial charge in [-0.1, -0.05) is 24.3 Å². The first-order valence-electron chi connectivity index (χ1n) is 4.94. The number of nitrogens with two attached hydrogens (primary N) is 1. The van der Waals surface area contributed by atoms with E-state index < -0.39 is 0 Å². The minimum absolute atomic E-state index is 0.206. The number of nitrogen functional groups attached to an aromatic ring is 1. The van der Waals surface area contributed by atoms with Crippen LogP contribution in [0.1, 0.15) is 17.0 Å². The van der Waals surface area contributed by atoms with Crippen molar-refractivity contribution in [2.45, 2.75) is 6.42 Å². The summed E-state index contributed by atoms with van der Waals surface area (Å²) in [5.74, 6) is 0.206. The van der Waals surface area contributed by atoms with E-state index in [0.717, 1.165) is 23.4 Å². The SMILES string of the molecule is N#Cc1nc2c(nc1N)-c1ccccc1C2. The number of nitriles is 1. The number of hydrogen-bond donors (Lipinski definition) is 1.